The molecule has 0 aliphatic heterocycles. The average molecular weight is 263 g/mol. The maximum absolute atomic E-state index is 9.22. The van der Waals surface area contributed by atoms with E-state index in [1.165, 1.54) is 0 Å². The molecule has 0 spiro atoms. The van der Waals surface area contributed by atoms with Crippen LogP contribution in [-0.2, 0) is 0 Å². The number of anilines is 2. The van der Waals surface area contributed by atoms with Crippen molar-refractivity contribution in [1.29, 1.82) is 0 Å². The van der Waals surface area contributed by atoms with Gasteiger partial charge in [0, 0.05) is 26.0 Å². The molecule has 0 aliphatic rings. The van der Waals surface area contributed by atoms with Gasteiger partial charge in [-0.25, -0.2) is 4.98 Å². The number of nitrogens with zero attached hydrogens (tertiary/aromatic N) is 5. The van der Waals surface area contributed by atoms with E-state index in [4.69, 9.17) is 0 Å². The van der Waals surface area contributed by atoms with E-state index in [0.717, 1.165) is 0 Å². The number of hydrogen-bond acceptors (Lipinski definition) is 7. The van der Waals surface area contributed by atoms with Crippen molar-refractivity contribution in [2.24, 2.45) is 0 Å². The highest BCUT2D eigenvalue weighted by molar-refractivity contribution is 5.37. The molecule has 0 amide bonds. The Bertz CT molecular complexity index is 512. The Morgan fingerprint density at radius 1 is 1.32 bits per heavy atom. The van der Waals surface area contributed by atoms with Crippen LogP contribution in [0.3, 0.4) is 0 Å². The summed E-state index contributed by atoms with van der Waals surface area (Å²) in [4.78, 5) is 16.7. The molecule has 0 bridgehead atoms. The number of aliphatic hydroxyl groups is 1. The molecule has 8 nitrogen and oxygen atoms in total. The van der Waals surface area contributed by atoms with Gasteiger partial charge >= 0.3 is 0 Å². The van der Waals surface area contributed by atoms with Gasteiger partial charge in [-0.2, -0.15) is 15.0 Å². The van der Waals surface area contributed by atoms with Crippen molar-refractivity contribution in [1.82, 2.24) is 24.5 Å². The summed E-state index contributed by atoms with van der Waals surface area (Å²) in [5.74, 6) is 1.42. The topological polar surface area (TPSA) is 101 Å². The summed E-state index contributed by atoms with van der Waals surface area (Å²) in [5.41, 5.74) is 0. The van der Waals surface area contributed by atoms with Crippen LogP contribution >= 0.6 is 0 Å². The molecular formula is C11H17N7O. The molecule has 0 radical (unpaired) electrons. The largest absolute Gasteiger partial charge is 0.393 e. The standard InChI is InChI=1S/C11H17N7O/c1-8(19)3-4-14-10-15-9(12-2)16-11(17-10)18-6-5-13-7-18/h5-8,19H,3-4H2,1-2H3,(H2,12,14,15,16,17). The van der Waals surface area contributed by atoms with E-state index >= 15 is 0 Å². The second kappa shape index (κ2) is 6.10. The fourth-order valence-electron chi connectivity index (χ4n) is 1.44. The van der Waals surface area contributed by atoms with E-state index in [2.05, 4.69) is 30.6 Å². The van der Waals surface area contributed by atoms with Crippen molar-refractivity contribution in [3.63, 3.8) is 0 Å². The van der Waals surface area contributed by atoms with Crippen LogP contribution in [0.4, 0.5) is 11.9 Å². The molecule has 2 rings (SSSR count). The molecule has 8 heteroatoms. The Labute approximate surface area is 111 Å². The normalized spacial score (nSPS) is 12.2. The fourth-order valence-corrected chi connectivity index (χ4v) is 1.44. The van der Waals surface area contributed by atoms with Gasteiger partial charge in [-0.15, -0.1) is 0 Å². The van der Waals surface area contributed by atoms with Gasteiger partial charge < -0.3 is 15.7 Å². The van der Waals surface area contributed by atoms with Crippen molar-refractivity contribution >= 4 is 11.9 Å². The van der Waals surface area contributed by atoms with Crippen LogP contribution < -0.4 is 10.6 Å². The van der Waals surface area contributed by atoms with E-state index in [9.17, 15) is 5.11 Å². The molecule has 3 N–H and O–H groups in total. The van der Waals surface area contributed by atoms with Gasteiger partial charge in [0.15, 0.2) is 0 Å². The summed E-state index contributed by atoms with van der Waals surface area (Å²) in [5, 5.41) is 15.2. The third kappa shape index (κ3) is 3.62. The van der Waals surface area contributed by atoms with Crippen LogP contribution in [0.2, 0.25) is 0 Å². The van der Waals surface area contributed by atoms with Gasteiger partial charge in [0.1, 0.15) is 6.33 Å². The molecule has 1 unspecified atom stereocenters. The number of hydrogen-bond donors (Lipinski definition) is 3. The average Bonchev–Trinajstić information content (AvgIpc) is 2.92. The van der Waals surface area contributed by atoms with Gasteiger partial charge in [-0.3, -0.25) is 4.57 Å². The van der Waals surface area contributed by atoms with Gasteiger partial charge in [0.25, 0.3) is 0 Å². The Balaban J connectivity index is 2.16. The first-order valence-corrected chi connectivity index (χ1v) is 6.03. The molecule has 2 aromatic heterocycles. The molecule has 2 heterocycles. The third-order valence-electron chi connectivity index (χ3n) is 2.43. The second-order valence-electron chi connectivity index (χ2n) is 4.07. The fraction of sp³-hybridized carbons (Fsp3) is 0.455. The SMILES string of the molecule is CNc1nc(NCCC(C)O)nc(-n2ccnc2)n1. The lowest BCUT2D eigenvalue weighted by Gasteiger charge is -2.09. The van der Waals surface area contributed by atoms with Crippen molar-refractivity contribution in [3.05, 3.63) is 18.7 Å². The summed E-state index contributed by atoms with van der Waals surface area (Å²) in [6.07, 6.45) is 5.30. The Hall–Kier alpha value is -2.22. The maximum Gasteiger partial charge on any atom is 0.241 e. The van der Waals surface area contributed by atoms with Crippen LogP contribution in [0.15, 0.2) is 18.7 Å². The second-order valence-corrected chi connectivity index (χ2v) is 4.07. The zero-order valence-corrected chi connectivity index (χ0v) is 10.9. The smallest absolute Gasteiger partial charge is 0.241 e. The highest BCUT2D eigenvalue weighted by atomic mass is 16.3. The van der Waals surface area contributed by atoms with Crippen LogP contribution in [0.1, 0.15) is 13.3 Å². The Morgan fingerprint density at radius 3 is 2.74 bits per heavy atom. The van der Waals surface area contributed by atoms with Gasteiger partial charge in [0.2, 0.25) is 17.8 Å². The number of imidazole rings is 1. The zero-order valence-electron chi connectivity index (χ0n) is 10.9. The van der Waals surface area contributed by atoms with E-state index in [1.54, 1.807) is 37.3 Å². The highest BCUT2D eigenvalue weighted by Gasteiger charge is 2.07. The molecule has 1 atom stereocenters. The Morgan fingerprint density at radius 2 is 2.11 bits per heavy atom. The zero-order chi connectivity index (χ0) is 13.7. The first-order chi connectivity index (χ1) is 9.19. The number of aromatic nitrogens is 5. The van der Waals surface area contributed by atoms with Gasteiger partial charge in [0.05, 0.1) is 6.10 Å². The summed E-state index contributed by atoms with van der Waals surface area (Å²) >= 11 is 0. The molecule has 0 saturated heterocycles. The van der Waals surface area contributed by atoms with Crippen LogP contribution in [0, 0.1) is 0 Å². The summed E-state index contributed by atoms with van der Waals surface area (Å²) in [6.45, 7) is 2.33. The Kier molecular flexibility index (Phi) is 4.24. The van der Waals surface area contributed by atoms with Gasteiger partial charge in [-0.1, -0.05) is 0 Å². The van der Waals surface area contributed by atoms with Crippen molar-refractivity contribution in [3.8, 4) is 5.95 Å². The lowest BCUT2D eigenvalue weighted by Crippen LogP contribution is -2.14. The van der Waals surface area contributed by atoms with Crippen LogP contribution in [-0.4, -0.2) is 49.3 Å². The molecular weight excluding hydrogens is 246 g/mol. The number of aliphatic hydroxyl groups excluding tert-OH is 1. The van der Waals surface area contributed by atoms with E-state index in [0.29, 0.717) is 30.8 Å². The van der Waals surface area contributed by atoms with Crippen molar-refractivity contribution in [2.45, 2.75) is 19.4 Å². The predicted molar refractivity (Wildman–Crippen MR) is 71.3 cm³/mol. The number of nitrogens with one attached hydrogen (secondary N) is 2. The van der Waals surface area contributed by atoms with E-state index in [-0.39, 0.29) is 6.10 Å². The highest BCUT2D eigenvalue weighted by Crippen LogP contribution is 2.08. The van der Waals surface area contributed by atoms with Gasteiger partial charge in [-0.05, 0) is 13.3 Å². The molecule has 0 aromatic carbocycles. The molecule has 0 saturated carbocycles. The predicted octanol–water partition coefficient (Wildman–Crippen LogP) is 0.282. The minimum absolute atomic E-state index is 0.355. The van der Waals surface area contributed by atoms with Crippen molar-refractivity contribution in [2.75, 3.05) is 24.2 Å². The molecule has 0 aliphatic carbocycles. The molecule has 0 fully saturated rings. The van der Waals surface area contributed by atoms with Crippen molar-refractivity contribution < 1.29 is 5.11 Å². The third-order valence-corrected chi connectivity index (χ3v) is 2.43. The lowest BCUT2D eigenvalue weighted by molar-refractivity contribution is 0.188. The monoisotopic (exact) mass is 263 g/mol. The summed E-state index contributed by atoms with van der Waals surface area (Å²) in [7, 11) is 1.74. The molecule has 2 aromatic rings. The quantitative estimate of drug-likeness (QED) is 0.688. The minimum atomic E-state index is -0.355. The maximum atomic E-state index is 9.22. The molecule has 19 heavy (non-hydrogen) atoms. The van der Waals surface area contributed by atoms with Crippen LogP contribution in [0.5, 0.6) is 0 Å². The summed E-state index contributed by atoms with van der Waals surface area (Å²) < 4.78 is 1.70. The van der Waals surface area contributed by atoms with Crippen LogP contribution in [0.25, 0.3) is 5.95 Å². The first kappa shape index (κ1) is 13.2. The van der Waals surface area contributed by atoms with E-state index in [1.807, 2.05) is 0 Å². The first-order valence-electron chi connectivity index (χ1n) is 6.03. The van der Waals surface area contributed by atoms with E-state index < -0.39 is 0 Å². The minimum Gasteiger partial charge on any atom is -0.393 e. The lowest BCUT2D eigenvalue weighted by atomic mass is 10.3. The number of rotatable bonds is 6. The molecule has 102 valence electrons. The summed E-state index contributed by atoms with van der Waals surface area (Å²) in [6, 6.07) is 0.